The summed E-state index contributed by atoms with van der Waals surface area (Å²) in [7, 11) is -3.79. The lowest BCUT2D eigenvalue weighted by Crippen LogP contribution is -2.61. The molecule has 110 valence electrons. The van der Waals surface area contributed by atoms with E-state index in [1.54, 1.807) is 12.1 Å². The highest BCUT2D eigenvalue weighted by Gasteiger charge is 2.53. The van der Waals surface area contributed by atoms with Gasteiger partial charge in [0, 0.05) is 17.4 Å². The summed E-state index contributed by atoms with van der Waals surface area (Å²) in [4.78, 5) is 10.6. The Morgan fingerprint density at radius 1 is 1.35 bits per heavy atom. The van der Waals surface area contributed by atoms with E-state index in [-0.39, 0.29) is 10.9 Å². The normalized spacial score (nSPS) is 23.3. The van der Waals surface area contributed by atoms with E-state index in [1.807, 2.05) is 13.8 Å². The van der Waals surface area contributed by atoms with E-state index in [1.165, 1.54) is 12.1 Å². The van der Waals surface area contributed by atoms with Crippen LogP contribution in [-0.2, 0) is 10.0 Å². The standard InChI is InChI=1S/C13H18N2O4S/c1-3-4-11-9-13(15(16)17)14(11)20(18,19)12-7-5-10(2)6-8-12/h5-8,11,13H,3-4,9H2,1-2H3/t11-,13-/m1/s1. The summed E-state index contributed by atoms with van der Waals surface area (Å²) in [5, 5.41) is 11.0. The Hall–Kier alpha value is -1.47. The molecule has 0 radical (unpaired) electrons. The summed E-state index contributed by atoms with van der Waals surface area (Å²) >= 11 is 0. The Bertz CT molecular complexity index is 597. The molecule has 20 heavy (non-hydrogen) atoms. The van der Waals surface area contributed by atoms with E-state index in [0.29, 0.717) is 12.8 Å². The van der Waals surface area contributed by atoms with E-state index in [9.17, 15) is 18.5 Å². The highest BCUT2D eigenvalue weighted by Crippen LogP contribution is 2.35. The van der Waals surface area contributed by atoms with Gasteiger partial charge in [-0.2, -0.15) is 0 Å². The van der Waals surface area contributed by atoms with Gasteiger partial charge in [-0.3, -0.25) is 10.1 Å². The fourth-order valence-corrected chi connectivity index (χ4v) is 4.29. The SMILES string of the molecule is CCC[C@@H]1C[C@@H]([N+](=O)[O-])N1S(=O)(=O)c1ccc(C)cc1. The summed E-state index contributed by atoms with van der Waals surface area (Å²) in [5.74, 6) is 0. The third-order valence-corrected chi connectivity index (χ3v) is 5.56. The molecule has 0 unspecified atom stereocenters. The molecule has 1 aromatic rings. The number of hydrogen-bond donors (Lipinski definition) is 0. The van der Waals surface area contributed by atoms with Gasteiger partial charge in [-0.1, -0.05) is 31.0 Å². The van der Waals surface area contributed by atoms with Crippen molar-refractivity contribution in [1.29, 1.82) is 0 Å². The lowest BCUT2D eigenvalue weighted by molar-refractivity contribution is -0.564. The minimum atomic E-state index is -3.79. The van der Waals surface area contributed by atoms with Crippen LogP contribution in [0, 0.1) is 17.0 Å². The summed E-state index contributed by atoms with van der Waals surface area (Å²) in [6.07, 6.45) is 0.619. The van der Waals surface area contributed by atoms with Gasteiger partial charge < -0.3 is 0 Å². The zero-order chi connectivity index (χ0) is 14.9. The number of sulfonamides is 1. The number of nitrogens with zero attached hydrogens (tertiary/aromatic N) is 2. The molecule has 0 amide bonds. The maximum atomic E-state index is 12.5. The van der Waals surface area contributed by atoms with Crippen molar-refractivity contribution in [2.45, 2.75) is 50.2 Å². The first-order valence-corrected chi connectivity index (χ1v) is 8.05. The number of aryl methyl sites for hydroxylation is 1. The Labute approximate surface area is 118 Å². The minimum Gasteiger partial charge on any atom is -0.263 e. The number of benzene rings is 1. The third kappa shape index (κ3) is 2.55. The van der Waals surface area contributed by atoms with Crippen molar-refractivity contribution in [2.75, 3.05) is 0 Å². The molecular formula is C13H18N2O4S. The average molecular weight is 298 g/mol. The maximum absolute atomic E-state index is 12.5. The van der Waals surface area contributed by atoms with Crippen LogP contribution in [0.5, 0.6) is 0 Å². The van der Waals surface area contributed by atoms with Gasteiger partial charge in [0.05, 0.1) is 4.90 Å². The van der Waals surface area contributed by atoms with Crippen molar-refractivity contribution in [3.05, 3.63) is 39.9 Å². The van der Waals surface area contributed by atoms with Crippen LogP contribution in [0.1, 0.15) is 31.7 Å². The predicted octanol–water partition coefficient (Wildman–Crippen LogP) is 2.16. The van der Waals surface area contributed by atoms with E-state index in [2.05, 4.69) is 0 Å². The van der Waals surface area contributed by atoms with Crippen LogP contribution in [0.15, 0.2) is 29.2 Å². The zero-order valence-corrected chi connectivity index (χ0v) is 12.3. The smallest absolute Gasteiger partial charge is 0.263 e. The van der Waals surface area contributed by atoms with Crippen molar-refractivity contribution < 1.29 is 13.3 Å². The highest BCUT2D eigenvalue weighted by atomic mass is 32.2. The van der Waals surface area contributed by atoms with Crippen LogP contribution in [0.2, 0.25) is 0 Å². The highest BCUT2D eigenvalue weighted by molar-refractivity contribution is 7.89. The number of hydrogen-bond acceptors (Lipinski definition) is 4. The molecule has 6 nitrogen and oxygen atoms in total. The van der Waals surface area contributed by atoms with E-state index in [0.717, 1.165) is 16.3 Å². The van der Waals surface area contributed by atoms with Gasteiger partial charge in [-0.25, -0.2) is 8.42 Å². The van der Waals surface area contributed by atoms with Crippen LogP contribution in [0.25, 0.3) is 0 Å². The predicted molar refractivity (Wildman–Crippen MR) is 74.3 cm³/mol. The number of rotatable bonds is 5. The van der Waals surface area contributed by atoms with E-state index in [4.69, 9.17) is 0 Å². The molecule has 2 rings (SSSR count). The molecule has 1 aliphatic heterocycles. The molecule has 2 atom stereocenters. The van der Waals surface area contributed by atoms with Gasteiger partial charge in [0.15, 0.2) is 0 Å². The molecule has 1 aromatic carbocycles. The molecular weight excluding hydrogens is 280 g/mol. The average Bonchev–Trinajstić information content (AvgIpc) is 2.33. The first-order chi connectivity index (χ1) is 9.37. The molecule has 1 aliphatic rings. The van der Waals surface area contributed by atoms with Crippen LogP contribution < -0.4 is 0 Å². The van der Waals surface area contributed by atoms with Crippen molar-refractivity contribution >= 4 is 10.0 Å². The maximum Gasteiger partial charge on any atom is 0.282 e. The van der Waals surface area contributed by atoms with Gasteiger partial charge >= 0.3 is 0 Å². The largest absolute Gasteiger partial charge is 0.282 e. The molecule has 0 bridgehead atoms. The third-order valence-electron chi connectivity index (χ3n) is 3.60. The Morgan fingerprint density at radius 3 is 2.45 bits per heavy atom. The van der Waals surface area contributed by atoms with Crippen LogP contribution in [0.4, 0.5) is 0 Å². The van der Waals surface area contributed by atoms with Crippen LogP contribution >= 0.6 is 0 Å². The molecule has 7 heteroatoms. The van der Waals surface area contributed by atoms with Crippen molar-refractivity contribution in [3.8, 4) is 0 Å². The van der Waals surface area contributed by atoms with Gasteiger partial charge in [0.25, 0.3) is 6.17 Å². The molecule has 1 heterocycles. The second kappa shape index (κ2) is 5.49. The molecule has 0 aliphatic carbocycles. The van der Waals surface area contributed by atoms with Gasteiger partial charge in [0.1, 0.15) is 0 Å². The first kappa shape index (κ1) is 14.9. The van der Waals surface area contributed by atoms with Crippen molar-refractivity contribution in [3.63, 3.8) is 0 Å². The molecule has 0 saturated carbocycles. The topological polar surface area (TPSA) is 80.5 Å². The summed E-state index contributed by atoms with van der Waals surface area (Å²) in [6, 6.07) is 6.14. The first-order valence-electron chi connectivity index (χ1n) is 6.61. The lowest BCUT2D eigenvalue weighted by atomic mass is 9.99. The second-order valence-corrected chi connectivity index (χ2v) is 6.94. The van der Waals surface area contributed by atoms with Crippen LogP contribution in [-0.4, -0.2) is 29.9 Å². The van der Waals surface area contributed by atoms with Gasteiger partial charge in [-0.05, 0) is 25.5 Å². The molecule has 0 N–H and O–H groups in total. The van der Waals surface area contributed by atoms with Gasteiger partial charge in [0.2, 0.25) is 10.0 Å². The second-order valence-electron chi connectivity index (χ2n) is 5.09. The lowest BCUT2D eigenvalue weighted by Gasteiger charge is -2.41. The molecule has 0 aromatic heterocycles. The van der Waals surface area contributed by atoms with Crippen molar-refractivity contribution in [1.82, 2.24) is 4.31 Å². The summed E-state index contributed by atoms with van der Waals surface area (Å²) in [5.41, 5.74) is 0.948. The Kier molecular flexibility index (Phi) is 4.10. The molecule has 0 spiro atoms. The monoisotopic (exact) mass is 298 g/mol. The zero-order valence-electron chi connectivity index (χ0n) is 11.5. The minimum absolute atomic E-state index is 0.121. The van der Waals surface area contributed by atoms with Crippen molar-refractivity contribution in [2.24, 2.45) is 0 Å². The summed E-state index contributed by atoms with van der Waals surface area (Å²) in [6.45, 7) is 3.80. The van der Waals surface area contributed by atoms with Gasteiger partial charge in [-0.15, -0.1) is 4.31 Å². The fourth-order valence-electron chi connectivity index (χ4n) is 2.50. The Balaban J connectivity index is 2.34. The molecule has 1 saturated heterocycles. The van der Waals surface area contributed by atoms with Crippen LogP contribution in [0.3, 0.4) is 0 Å². The fraction of sp³-hybridized carbons (Fsp3) is 0.538. The number of nitro groups is 1. The Morgan fingerprint density at radius 2 is 1.95 bits per heavy atom. The van der Waals surface area contributed by atoms with E-state index < -0.39 is 21.1 Å². The quantitative estimate of drug-likeness (QED) is 0.616. The molecule has 1 fully saturated rings. The van der Waals surface area contributed by atoms with E-state index >= 15 is 0 Å². The summed E-state index contributed by atoms with van der Waals surface area (Å²) < 4.78 is 26.2.